The molecule has 0 aliphatic carbocycles. The topological polar surface area (TPSA) is 55.6 Å². The maximum atomic E-state index is 11.9. The minimum absolute atomic E-state index is 0.182. The molecule has 1 saturated heterocycles. The minimum Gasteiger partial charge on any atom is -0.461 e. The monoisotopic (exact) mass is 302 g/mol. The largest absolute Gasteiger partial charge is 0.461 e. The number of anilines is 1. The standard InChI is InChI=1S/C13H16Cl2N2O2/c14-11-8-9(16)7-10(12(11)15)13(18)19-6-5-17-3-1-2-4-17/h7-8H,1-6,16H2. The molecule has 2 rings (SSSR count). The minimum atomic E-state index is -0.488. The van der Waals surface area contributed by atoms with Gasteiger partial charge in [-0.15, -0.1) is 0 Å². The number of likely N-dealkylation sites (tertiary alicyclic amines) is 1. The highest BCUT2D eigenvalue weighted by atomic mass is 35.5. The lowest BCUT2D eigenvalue weighted by Crippen LogP contribution is -2.25. The van der Waals surface area contributed by atoms with E-state index in [0.29, 0.717) is 12.3 Å². The van der Waals surface area contributed by atoms with Gasteiger partial charge >= 0.3 is 5.97 Å². The van der Waals surface area contributed by atoms with Gasteiger partial charge < -0.3 is 10.5 Å². The Morgan fingerprint density at radius 1 is 1.32 bits per heavy atom. The number of esters is 1. The normalized spacial score (nSPS) is 15.7. The molecular weight excluding hydrogens is 287 g/mol. The number of hydrogen-bond acceptors (Lipinski definition) is 4. The van der Waals surface area contributed by atoms with Crippen molar-refractivity contribution >= 4 is 34.9 Å². The Labute approximate surface area is 122 Å². The zero-order chi connectivity index (χ0) is 13.8. The molecule has 1 fully saturated rings. The number of carbonyl (C=O) groups excluding carboxylic acids is 1. The van der Waals surface area contributed by atoms with Gasteiger partial charge in [0.15, 0.2) is 0 Å². The molecule has 0 saturated carbocycles. The van der Waals surface area contributed by atoms with Gasteiger partial charge in [0.1, 0.15) is 6.61 Å². The van der Waals surface area contributed by atoms with Crippen LogP contribution in [0.2, 0.25) is 10.0 Å². The van der Waals surface area contributed by atoms with Crippen molar-refractivity contribution in [2.75, 3.05) is 32.0 Å². The fourth-order valence-corrected chi connectivity index (χ4v) is 2.52. The quantitative estimate of drug-likeness (QED) is 0.686. The molecule has 0 radical (unpaired) electrons. The summed E-state index contributed by atoms with van der Waals surface area (Å²) in [4.78, 5) is 14.2. The summed E-state index contributed by atoms with van der Waals surface area (Å²) >= 11 is 11.8. The van der Waals surface area contributed by atoms with Gasteiger partial charge in [-0.25, -0.2) is 4.79 Å². The van der Waals surface area contributed by atoms with Gasteiger partial charge in [0, 0.05) is 12.2 Å². The van der Waals surface area contributed by atoms with Crippen molar-refractivity contribution in [3.63, 3.8) is 0 Å². The van der Waals surface area contributed by atoms with Crippen LogP contribution in [-0.2, 0) is 4.74 Å². The summed E-state index contributed by atoms with van der Waals surface area (Å²) in [6.45, 7) is 3.24. The molecular formula is C13H16Cl2N2O2. The van der Waals surface area contributed by atoms with Crippen LogP contribution >= 0.6 is 23.2 Å². The van der Waals surface area contributed by atoms with Crippen LogP contribution in [0.3, 0.4) is 0 Å². The number of nitrogens with two attached hydrogens (primary N) is 1. The SMILES string of the molecule is Nc1cc(Cl)c(Cl)c(C(=O)OCCN2CCCC2)c1. The van der Waals surface area contributed by atoms with Crippen LogP contribution in [0.15, 0.2) is 12.1 Å². The van der Waals surface area contributed by atoms with E-state index in [4.69, 9.17) is 33.7 Å². The molecule has 104 valence electrons. The third kappa shape index (κ3) is 3.75. The smallest absolute Gasteiger partial charge is 0.339 e. The predicted molar refractivity (Wildman–Crippen MR) is 76.8 cm³/mol. The van der Waals surface area contributed by atoms with E-state index < -0.39 is 5.97 Å². The Bertz CT molecular complexity index is 474. The fourth-order valence-electron chi connectivity index (χ4n) is 2.11. The van der Waals surface area contributed by atoms with E-state index in [1.165, 1.54) is 25.0 Å². The van der Waals surface area contributed by atoms with Crippen molar-refractivity contribution in [1.29, 1.82) is 0 Å². The van der Waals surface area contributed by atoms with E-state index in [0.717, 1.165) is 19.6 Å². The summed E-state index contributed by atoms with van der Waals surface area (Å²) in [6, 6.07) is 2.98. The van der Waals surface area contributed by atoms with E-state index in [1.54, 1.807) is 0 Å². The van der Waals surface area contributed by atoms with E-state index in [-0.39, 0.29) is 15.6 Å². The molecule has 0 aromatic heterocycles. The molecule has 1 aliphatic heterocycles. The van der Waals surface area contributed by atoms with Gasteiger partial charge in [-0.05, 0) is 38.1 Å². The average molecular weight is 303 g/mol. The van der Waals surface area contributed by atoms with Gasteiger partial charge in [0.2, 0.25) is 0 Å². The molecule has 0 amide bonds. The number of ether oxygens (including phenoxy) is 1. The zero-order valence-electron chi connectivity index (χ0n) is 10.5. The Morgan fingerprint density at radius 3 is 2.68 bits per heavy atom. The van der Waals surface area contributed by atoms with Gasteiger partial charge in [-0.2, -0.15) is 0 Å². The number of rotatable bonds is 4. The highest BCUT2D eigenvalue weighted by Gasteiger charge is 2.17. The first kappa shape index (κ1) is 14.4. The fraction of sp³-hybridized carbons (Fsp3) is 0.462. The van der Waals surface area contributed by atoms with Gasteiger partial charge in [0.05, 0.1) is 15.6 Å². The first-order chi connectivity index (χ1) is 9.08. The average Bonchev–Trinajstić information content (AvgIpc) is 2.86. The van der Waals surface area contributed by atoms with Crippen LogP contribution in [0.5, 0.6) is 0 Å². The predicted octanol–water partition coefficient (Wildman–Crippen LogP) is 2.83. The first-order valence-corrected chi connectivity index (χ1v) is 6.97. The number of nitrogens with zero attached hydrogens (tertiary/aromatic N) is 1. The summed E-state index contributed by atoms with van der Waals surface area (Å²) in [5, 5.41) is 0.440. The summed E-state index contributed by atoms with van der Waals surface area (Å²) in [5.41, 5.74) is 6.24. The second-order valence-corrected chi connectivity index (χ2v) is 5.33. The maximum absolute atomic E-state index is 11.9. The van der Waals surface area contributed by atoms with Crippen LogP contribution in [0.1, 0.15) is 23.2 Å². The molecule has 2 N–H and O–H groups in total. The number of benzene rings is 1. The van der Waals surface area contributed by atoms with Gasteiger partial charge in [0.25, 0.3) is 0 Å². The van der Waals surface area contributed by atoms with E-state index in [9.17, 15) is 4.79 Å². The molecule has 0 spiro atoms. The van der Waals surface area contributed by atoms with Crippen LogP contribution in [0.4, 0.5) is 5.69 Å². The second-order valence-electron chi connectivity index (χ2n) is 4.55. The van der Waals surface area contributed by atoms with Crippen LogP contribution in [-0.4, -0.2) is 37.1 Å². The number of carbonyl (C=O) groups is 1. The summed E-state index contributed by atoms with van der Waals surface area (Å²) in [5.74, 6) is -0.488. The molecule has 6 heteroatoms. The molecule has 1 heterocycles. The molecule has 0 atom stereocenters. The van der Waals surface area contributed by atoms with Crippen molar-refractivity contribution in [1.82, 2.24) is 4.90 Å². The van der Waals surface area contributed by atoms with E-state index in [1.807, 2.05) is 0 Å². The van der Waals surface area contributed by atoms with Crippen molar-refractivity contribution in [3.8, 4) is 0 Å². The third-order valence-corrected chi connectivity index (χ3v) is 3.91. The number of hydrogen-bond donors (Lipinski definition) is 1. The summed E-state index contributed by atoms with van der Waals surface area (Å²) in [6.07, 6.45) is 2.43. The van der Waals surface area contributed by atoms with Gasteiger partial charge in [-0.1, -0.05) is 23.2 Å². The lowest BCUT2D eigenvalue weighted by molar-refractivity contribution is 0.0472. The maximum Gasteiger partial charge on any atom is 0.339 e. The Balaban J connectivity index is 1.92. The van der Waals surface area contributed by atoms with Crippen molar-refractivity contribution < 1.29 is 9.53 Å². The zero-order valence-corrected chi connectivity index (χ0v) is 12.0. The lowest BCUT2D eigenvalue weighted by atomic mass is 10.2. The lowest BCUT2D eigenvalue weighted by Gasteiger charge is -2.14. The summed E-state index contributed by atoms with van der Waals surface area (Å²) in [7, 11) is 0. The van der Waals surface area contributed by atoms with Crippen LogP contribution in [0, 0.1) is 0 Å². The Morgan fingerprint density at radius 2 is 2.00 bits per heavy atom. The van der Waals surface area contributed by atoms with E-state index >= 15 is 0 Å². The Kier molecular flexibility index (Phi) is 4.91. The summed E-state index contributed by atoms with van der Waals surface area (Å²) < 4.78 is 5.20. The third-order valence-electron chi connectivity index (χ3n) is 3.11. The number of halogens is 2. The van der Waals surface area contributed by atoms with Crippen molar-refractivity contribution in [3.05, 3.63) is 27.7 Å². The first-order valence-electron chi connectivity index (χ1n) is 6.22. The van der Waals surface area contributed by atoms with Gasteiger partial charge in [-0.3, -0.25) is 4.90 Å². The second kappa shape index (κ2) is 6.46. The molecule has 0 unspecified atom stereocenters. The number of nitrogen functional groups attached to an aromatic ring is 1. The molecule has 4 nitrogen and oxygen atoms in total. The molecule has 1 aromatic rings. The molecule has 19 heavy (non-hydrogen) atoms. The Hall–Kier alpha value is -0.970. The highest BCUT2D eigenvalue weighted by molar-refractivity contribution is 6.44. The molecule has 0 bridgehead atoms. The van der Waals surface area contributed by atoms with E-state index in [2.05, 4.69) is 4.90 Å². The van der Waals surface area contributed by atoms with Crippen molar-refractivity contribution in [2.45, 2.75) is 12.8 Å². The highest BCUT2D eigenvalue weighted by Crippen LogP contribution is 2.29. The van der Waals surface area contributed by atoms with Crippen LogP contribution < -0.4 is 5.73 Å². The molecule has 1 aromatic carbocycles. The molecule has 1 aliphatic rings. The van der Waals surface area contributed by atoms with Crippen molar-refractivity contribution in [2.24, 2.45) is 0 Å². The van der Waals surface area contributed by atoms with Crippen LogP contribution in [0.25, 0.3) is 0 Å².